The highest BCUT2D eigenvalue weighted by Gasteiger charge is 2.33. The average molecular weight is 328 g/mol. The van der Waals surface area contributed by atoms with E-state index in [-0.39, 0.29) is 19.8 Å². The van der Waals surface area contributed by atoms with E-state index in [1.165, 1.54) is 4.90 Å². The first-order valence-electron chi connectivity index (χ1n) is 7.56. The Hall–Kier alpha value is -1.99. The number of carbonyl (C=O) groups excluding carboxylic acids is 2. The van der Waals surface area contributed by atoms with Crippen LogP contribution >= 0.6 is 0 Å². The van der Waals surface area contributed by atoms with Crippen LogP contribution in [0.15, 0.2) is 5.11 Å². The van der Waals surface area contributed by atoms with Crippen LogP contribution in [0.5, 0.6) is 0 Å². The monoisotopic (exact) mass is 328 g/mol. The van der Waals surface area contributed by atoms with Gasteiger partial charge in [-0.2, -0.15) is 0 Å². The van der Waals surface area contributed by atoms with E-state index < -0.39 is 29.8 Å². The highest BCUT2D eigenvalue weighted by molar-refractivity contribution is 5.71. The van der Waals surface area contributed by atoms with E-state index in [9.17, 15) is 9.59 Å². The molecule has 2 unspecified atom stereocenters. The number of amides is 1. The standard InChI is InChI=1S/C14H24N4O5/c1-5-21-13(20)18-7-6-10(16-17-15)11(8-18)22-9-12(19)23-14(2,3)4/h10-11H,5-9H2,1-4H3. The van der Waals surface area contributed by atoms with Gasteiger partial charge in [0.2, 0.25) is 0 Å². The third-order valence-electron chi connectivity index (χ3n) is 3.09. The van der Waals surface area contributed by atoms with Gasteiger partial charge in [-0.05, 0) is 39.6 Å². The molecule has 2 atom stereocenters. The van der Waals surface area contributed by atoms with Gasteiger partial charge in [-0.3, -0.25) is 0 Å². The number of azide groups is 1. The van der Waals surface area contributed by atoms with Crippen LogP contribution in [0.4, 0.5) is 4.79 Å². The van der Waals surface area contributed by atoms with Gasteiger partial charge < -0.3 is 19.1 Å². The molecule has 0 aromatic carbocycles. The summed E-state index contributed by atoms with van der Waals surface area (Å²) in [6.07, 6.45) is -0.573. The van der Waals surface area contributed by atoms with Crippen molar-refractivity contribution in [1.82, 2.24) is 4.90 Å². The third kappa shape index (κ3) is 6.75. The molecular formula is C14H24N4O5. The summed E-state index contributed by atoms with van der Waals surface area (Å²) in [5.41, 5.74) is 8.03. The molecular weight excluding hydrogens is 304 g/mol. The van der Waals surface area contributed by atoms with Gasteiger partial charge in [-0.15, -0.1) is 0 Å². The van der Waals surface area contributed by atoms with Gasteiger partial charge in [0.05, 0.1) is 25.3 Å². The van der Waals surface area contributed by atoms with Crippen molar-refractivity contribution in [2.75, 3.05) is 26.3 Å². The number of esters is 1. The highest BCUT2D eigenvalue weighted by Crippen LogP contribution is 2.19. The normalized spacial score (nSPS) is 21.3. The first-order chi connectivity index (χ1) is 10.8. The average Bonchev–Trinajstić information content (AvgIpc) is 2.45. The van der Waals surface area contributed by atoms with Gasteiger partial charge in [-0.1, -0.05) is 5.11 Å². The maximum atomic E-state index is 11.8. The zero-order chi connectivity index (χ0) is 17.5. The maximum Gasteiger partial charge on any atom is 0.409 e. The van der Waals surface area contributed by atoms with E-state index in [4.69, 9.17) is 19.7 Å². The molecule has 1 rings (SSSR count). The van der Waals surface area contributed by atoms with Crippen molar-refractivity contribution in [3.05, 3.63) is 10.4 Å². The van der Waals surface area contributed by atoms with Crippen LogP contribution < -0.4 is 0 Å². The van der Waals surface area contributed by atoms with Crippen molar-refractivity contribution in [1.29, 1.82) is 0 Å². The molecule has 0 radical (unpaired) electrons. The van der Waals surface area contributed by atoms with Gasteiger partial charge in [0, 0.05) is 11.5 Å². The van der Waals surface area contributed by atoms with E-state index in [1.807, 2.05) is 0 Å². The smallest absolute Gasteiger partial charge is 0.409 e. The lowest BCUT2D eigenvalue weighted by molar-refractivity contribution is -0.163. The van der Waals surface area contributed by atoms with Crippen molar-refractivity contribution < 1.29 is 23.8 Å². The number of carbonyl (C=O) groups is 2. The van der Waals surface area contributed by atoms with Crippen LogP contribution in [0.2, 0.25) is 0 Å². The molecule has 0 aromatic heterocycles. The molecule has 9 heteroatoms. The Morgan fingerprint density at radius 2 is 2.09 bits per heavy atom. The van der Waals surface area contributed by atoms with Crippen LogP contribution in [-0.2, 0) is 19.0 Å². The van der Waals surface area contributed by atoms with Crippen LogP contribution in [0, 0.1) is 0 Å². The van der Waals surface area contributed by atoms with Crippen molar-refractivity contribution in [3.8, 4) is 0 Å². The zero-order valence-corrected chi connectivity index (χ0v) is 14.0. The summed E-state index contributed by atoms with van der Waals surface area (Å²) in [5, 5.41) is 3.68. The molecule has 1 aliphatic rings. The largest absolute Gasteiger partial charge is 0.458 e. The minimum Gasteiger partial charge on any atom is -0.458 e. The number of hydrogen-bond acceptors (Lipinski definition) is 6. The van der Waals surface area contributed by atoms with Gasteiger partial charge in [0.15, 0.2) is 0 Å². The number of hydrogen-bond donors (Lipinski definition) is 0. The van der Waals surface area contributed by atoms with Crippen LogP contribution in [0.3, 0.4) is 0 Å². The minimum atomic E-state index is -0.603. The number of ether oxygens (including phenoxy) is 3. The van der Waals surface area contributed by atoms with Gasteiger partial charge >= 0.3 is 12.1 Å². The Morgan fingerprint density at radius 3 is 2.65 bits per heavy atom. The number of likely N-dealkylation sites (tertiary alicyclic amines) is 1. The molecule has 9 nitrogen and oxygen atoms in total. The fourth-order valence-corrected chi connectivity index (χ4v) is 2.19. The first kappa shape index (κ1) is 19.1. The molecule has 0 aliphatic carbocycles. The van der Waals surface area contributed by atoms with E-state index in [1.54, 1.807) is 27.7 Å². The van der Waals surface area contributed by atoms with Crippen molar-refractivity contribution in [2.24, 2.45) is 5.11 Å². The van der Waals surface area contributed by atoms with E-state index in [0.29, 0.717) is 13.0 Å². The van der Waals surface area contributed by atoms with E-state index >= 15 is 0 Å². The fraction of sp³-hybridized carbons (Fsp3) is 0.857. The molecule has 1 heterocycles. The Bertz CT molecular complexity index is 470. The molecule has 1 amide bonds. The zero-order valence-electron chi connectivity index (χ0n) is 14.0. The molecule has 0 spiro atoms. The number of nitrogens with zero attached hydrogens (tertiary/aromatic N) is 4. The molecule has 0 N–H and O–H groups in total. The molecule has 1 fully saturated rings. The lowest BCUT2D eigenvalue weighted by atomic mass is 10.0. The second kappa shape index (κ2) is 8.59. The summed E-state index contributed by atoms with van der Waals surface area (Å²) < 4.78 is 15.6. The summed E-state index contributed by atoms with van der Waals surface area (Å²) >= 11 is 0. The lowest BCUT2D eigenvalue weighted by Crippen LogP contribution is -2.50. The number of rotatable bonds is 5. The maximum absolute atomic E-state index is 11.8. The molecule has 0 aromatic rings. The van der Waals surface area contributed by atoms with Crippen LogP contribution in [0.25, 0.3) is 10.4 Å². The molecule has 130 valence electrons. The Balaban J connectivity index is 2.63. The first-order valence-corrected chi connectivity index (χ1v) is 7.56. The summed E-state index contributed by atoms with van der Waals surface area (Å²) in [4.78, 5) is 27.8. The predicted molar refractivity (Wildman–Crippen MR) is 81.7 cm³/mol. The molecule has 0 bridgehead atoms. The molecule has 0 saturated carbocycles. The Labute approximate surface area is 135 Å². The van der Waals surface area contributed by atoms with Crippen LogP contribution in [0.1, 0.15) is 34.1 Å². The Kier molecular flexibility index (Phi) is 7.12. The SMILES string of the molecule is CCOC(=O)N1CCC(N=[N+]=[N-])C(OCC(=O)OC(C)(C)C)C1. The van der Waals surface area contributed by atoms with Crippen molar-refractivity contribution in [2.45, 2.75) is 51.9 Å². The fourth-order valence-electron chi connectivity index (χ4n) is 2.19. The van der Waals surface area contributed by atoms with E-state index in [0.717, 1.165) is 0 Å². The van der Waals surface area contributed by atoms with Gasteiger partial charge in [-0.25, -0.2) is 9.59 Å². The second-order valence-electron chi connectivity index (χ2n) is 6.14. The summed E-state index contributed by atoms with van der Waals surface area (Å²) in [7, 11) is 0. The predicted octanol–water partition coefficient (Wildman–Crippen LogP) is 2.25. The summed E-state index contributed by atoms with van der Waals surface area (Å²) in [5.74, 6) is -0.509. The lowest BCUT2D eigenvalue weighted by Gasteiger charge is -2.35. The van der Waals surface area contributed by atoms with Gasteiger partial charge in [0.25, 0.3) is 0 Å². The highest BCUT2D eigenvalue weighted by atomic mass is 16.6. The van der Waals surface area contributed by atoms with Gasteiger partial charge in [0.1, 0.15) is 12.2 Å². The third-order valence-corrected chi connectivity index (χ3v) is 3.09. The molecule has 23 heavy (non-hydrogen) atoms. The van der Waals surface area contributed by atoms with Crippen molar-refractivity contribution >= 4 is 12.1 Å². The molecule has 1 saturated heterocycles. The topological polar surface area (TPSA) is 114 Å². The van der Waals surface area contributed by atoms with E-state index in [2.05, 4.69) is 10.0 Å². The summed E-state index contributed by atoms with van der Waals surface area (Å²) in [6.45, 7) is 7.63. The second-order valence-corrected chi connectivity index (χ2v) is 6.14. The Morgan fingerprint density at radius 1 is 1.39 bits per heavy atom. The van der Waals surface area contributed by atoms with Crippen LogP contribution in [-0.4, -0.2) is 61.0 Å². The van der Waals surface area contributed by atoms with Crippen molar-refractivity contribution in [3.63, 3.8) is 0 Å². The minimum absolute atomic E-state index is 0.200. The quantitative estimate of drug-likeness (QED) is 0.332. The number of piperidine rings is 1. The molecule has 1 aliphatic heterocycles. The summed E-state index contributed by atoms with van der Waals surface area (Å²) in [6, 6.07) is -0.437.